The molecule has 0 aromatic carbocycles. The van der Waals surface area contributed by atoms with Crippen LogP contribution in [0.3, 0.4) is 0 Å². The maximum absolute atomic E-state index is 14.0. The van der Waals surface area contributed by atoms with Crippen molar-refractivity contribution in [1.29, 1.82) is 0 Å². The Morgan fingerprint density at radius 3 is 0.680 bits per heavy atom. The van der Waals surface area contributed by atoms with Gasteiger partial charge in [0.15, 0.2) is 0 Å². The van der Waals surface area contributed by atoms with Crippen LogP contribution < -0.4 is 11.1 Å². The summed E-state index contributed by atoms with van der Waals surface area (Å²) in [6.07, 6.45) is -9.41. The number of aliphatic hydroxyl groups excluding tert-OH is 8. The SMILES string of the molecule is CNCC(=O)N(CC(=O)N(CC(=O)N(CC(=O)N(CC(=O)N(CC(=O)N(C)CC(=O)N(CC(=O)N(CC(=O)N(CC(N)=O)CC(C)O)CC(C)O)CC(C)O)CC(C)O)CC(C)O)CC(C)O)CC(C)O)CC(C)O. The minimum atomic E-state index is -1.26. The van der Waals surface area contributed by atoms with Gasteiger partial charge in [-0.1, -0.05) is 0 Å². The van der Waals surface area contributed by atoms with E-state index in [1.54, 1.807) is 0 Å². The van der Waals surface area contributed by atoms with Crippen LogP contribution in [0.5, 0.6) is 0 Å². The Balaban J connectivity index is 6.49. The second-order valence-corrected chi connectivity index (χ2v) is 19.2. The van der Waals surface area contributed by atoms with Crippen LogP contribution in [0, 0.1) is 0 Å². The minimum absolute atomic E-state index is 0.179. The van der Waals surface area contributed by atoms with Crippen molar-refractivity contribution in [2.24, 2.45) is 5.73 Å². The van der Waals surface area contributed by atoms with E-state index in [-0.39, 0.29) is 19.6 Å². The second-order valence-electron chi connectivity index (χ2n) is 19.2. The maximum atomic E-state index is 14.0. The summed E-state index contributed by atoms with van der Waals surface area (Å²) in [5.74, 6) is -8.48. The van der Waals surface area contributed by atoms with Gasteiger partial charge in [-0.05, 0) is 62.4 Å². The topological polar surface area (TPSA) is 400 Å². The van der Waals surface area contributed by atoms with Gasteiger partial charge in [-0.25, -0.2) is 0 Å². The Hall–Kier alpha value is -5.66. The van der Waals surface area contributed by atoms with Crippen molar-refractivity contribution in [1.82, 2.24) is 49.4 Å². The molecule has 0 radical (unpaired) electrons. The van der Waals surface area contributed by atoms with Gasteiger partial charge in [0.25, 0.3) is 0 Å². The number of carbonyl (C=O) groups excluding carboxylic acids is 10. The summed E-state index contributed by atoms with van der Waals surface area (Å²) in [6.45, 7) is 0.665. The monoisotopic (exact) mass is 1080 g/mol. The number of nitrogens with two attached hydrogens (primary N) is 1. The standard InChI is InChI=1S/C46H85N11O18/c1-29(58)12-50(20-37(47)66)41(70)24-54(16-33(5)62)44(73)25-53(15-32(4)61)40(69)21-49(10)39(68)22-52(14-31(3)60)43(72)26-56(18-35(7)64)46(75)28-57(19-36(8)65)45(74)27-55(17-34(6)63)42(71)23-51(13-30(2)59)38(67)11-48-9/h29-36,48,58-65H,11-28H2,1-10H3,(H2,47,66). The zero-order valence-corrected chi connectivity index (χ0v) is 45.1. The van der Waals surface area contributed by atoms with E-state index in [0.29, 0.717) is 0 Å². The molecule has 432 valence electrons. The number of primary amides is 1. The number of rotatable bonds is 36. The molecule has 0 aromatic heterocycles. The molecule has 8 atom stereocenters. The van der Waals surface area contributed by atoms with Gasteiger partial charge in [0.2, 0.25) is 59.1 Å². The van der Waals surface area contributed by atoms with Crippen molar-refractivity contribution in [3.8, 4) is 0 Å². The Kier molecular flexibility index (Phi) is 32.2. The Morgan fingerprint density at radius 2 is 0.493 bits per heavy atom. The van der Waals surface area contributed by atoms with Gasteiger partial charge in [0.05, 0.1) is 114 Å². The molecule has 0 saturated heterocycles. The fourth-order valence-corrected chi connectivity index (χ4v) is 7.29. The van der Waals surface area contributed by atoms with E-state index in [1.807, 2.05) is 0 Å². The van der Waals surface area contributed by atoms with E-state index in [4.69, 9.17) is 5.73 Å². The average molecular weight is 1080 g/mol. The summed E-state index contributed by atoms with van der Waals surface area (Å²) in [6, 6.07) is 0. The van der Waals surface area contributed by atoms with E-state index in [2.05, 4.69) is 5.32 Å². The number of hydrogen-bond donors (Lipinski definition) is 10. The molecule has 0 rings (SSSR count). The molecule has 0 fully saturated rings. The van der Waals surface area contributed by atoms with Crippen molar-refractivity contribution in [2.75, 3.05) is 132 Å². The van der Waals surface area contributed by atoms with Gasteiger partial charge in [-0.2, -0.15) is 0 Å². The van der Waals surface area contributed by atoms with Crippen LogP contribution in [0.2, 0.25) is 0 Å². The lowest BCUT2D eigenvalue weighted by molar-refractivity contribution is -0.150. The molecule has 11 N–H and O–H groups in total. The van der Waals surface area contributed by atoms with Crippen LogP contribution >= 0.6 is 0 Å². The molecule has 0 spiro atoms. The fourth-order valence-electron chi connectivity index (χ4n) is 7.29. The number of nitrogens with zero attached hydrogens (tertiary/aromatic N) is 9. The average Bonchev–Trinajstić information content (AvgIpc) is 3.25. The minimum Gasteiger partial charge on any atom is -0.392 e. The molecule has 0 heterocycles. The van der Waals surface area contributed by atoms with Crippen LogP contribution in [0.1, 0.15) is 55.4 Å². The summed E-state index contributed by atoms with van der Waals surface area (Å²) in [5, 5.41) is 84.1. The first-order chi connectivity index (χ1) is 34.7. The van der Waals surface area contributed by atoms with Crippen LogP contribution in [0.15, 0.2) is 0 Å². The zero-order valence-electron chi connectivity index (χ0n) is 45.1. The number of likely N-dealkylation sites (N-methyl/N-ethyl adjacent to an activating group) is 2. The summed E-state index contributed by atoms with van der Waals surface area (Å²) >= 11 is 0. The molecule has 0 aromatic rings. The van der Waals surface area contributed by atoms with E-state index in [9.17, 15) is 88.8 Å². The van der Waals surface area contributed by atoms with E-state index < -0.39 is 206 Å². The summed E-state index contributed by atoms with van der Waals surface area (Å²) < 4.78 is 0. The Labute approximate surface area is 438 Å². The summed E-state index contributed by atoms with van der Waals surface area (Å²) in [5.41, 5.74) is 5.25. The van der Waals surface area contributed by atoms with E-state index >= 15 is 0 Å². The van der Waals surface area contributed by atoms with E-state index in [1.165, 1.54) is 69.5 Å². The number of hydrogen-bond acceptors (Lipinski definition) is 19. The molecular formula is C46H85N11O18. The lowest BCUT2D eigenvalue weighted by atomic mass is 10.2. The molecule has 0 aliphatic heterocycles. The van der Waals surface area contributed by atoms with Gasteiger partial charge < -0.3 is 96.0 Å². The van der Waals surface area contributed by atoms with Crippen molar-refractivity contribution in [2.45, 2.75) is 104 Å². The largest absolute Gasteiger partial charge is 0.392 e. The predicted molar refractivity (Wildman–Crippen MR) is 267 cm³/mol. The molecule has 0 aliphatic carbocycles. The van der Waals surface area contributed by atoms with Crippen LogP contribution in [0.4, 0.5) is 0 Å². The van der Waals surface area contributed by atoms with Crippen LogP contribution in [-0.4, -0.2) is 325 Å². The maximum Gasteiger partial charge on any atom is 0.242 e. The molecule has 8 unspecified atom stereocenters. The van der Waals surface area contributed by atoms with Gasteiger partial charge >= 0.3 is 0 Å². The van der Waals surface area contributed by atoms with Gasteiger partial charge in [-0.15, -0.1) is 0 Å². The summed E-state index contributed by atoms with van der Waals surface area (Å²) in [7, 11) is 2.68. The lowest BCUT2D eigenvalue weighted by Crippen LogP contribution is -2.54. The van der Waals surface area contributed by atoms with Gasteiger partial charge in [0.1, 0.15) is 0 Å². The number of carbonyl (C=O) groups is 10. The normalized spacial score (nSPS) is 14.4. The third-order valence-corrected chi connectivity index (χ3v) is 10.5. The molecule has 75 heavy (non-hydrogen) atoms. The lowest BCUT2D eigenvalue weighted by Gasteiger charge is -2.33. The predicted octanol–water partition coefficient (Wildman–Crippen LogP) is -8.18. The van der Waals surface area contributed by atoms with Crippen molar-refractivity contribution in [3.63, 3.8) is 0 Å². The second kappa shape index (κ2) is 34.8. The highest BCUT2D eigenvalue weighted by Crippen LogP contribution is 2.09. The molecule has 0 aliphatic rings. The first kappa shape index (κ1) is 69.3. The van der Waals surface area contributed by atoms with Gasteiger partial charge in [-0.3, -0.25) is 47.9 Å². The van der Waals surface area contributed by atoms with Crippen molar-refractivity contribution >= 4 is 59.1 Å². The zero-order chi connectivity index (χ0) is 58.0. The smallest absolute Gasteiger partial charge is 0.242 e. The molecule has 29 heteroatoms. The fraction of sp³-hybridized carbons (Fsp3) is 0.783. The Morgan fingerprint density at radius 1 is 0.320 bits per heavy atom. The highest BCUT2D eigenvalue weighted by molar-refractivity contribution is 5.94. The number of aliphatic hydroxyl groups is 8. The quantitative estimate of drug-likeness (QED) is 0.0279. The summed E-state index contributed by atoms with van der Waals surface area (Å²) in [4.78, 5) is 142. The van der Waals surface area contributed by atoms with E-state index in [0.717, 1.165) is 44.1 Å². The van der Waals surface area contributed by atoms with Gasteiger partial charge in [0, 0.05) is 59.4 Å². The highest BCUT2D eigenvalue weighted by Gasteiger charge is 2.33. The van der Waals surface area contributed by atoms with Crippen molar-refractivity contribution in [3.05, 3.63) is 0 Å². The highest BCUT2D eigenvalue weighted by atomic mass is 16.3. The Bertz CT molecular complexity index is 1870. The number of amides is 10. The molecule has 0 saturated carbocycles. The third-order valence-electron chi connectivity index (χ3n) is 10.5. The molecule has 29 nitrogen and oxygen atoms in total. The molecule has 10 amide bonds. The molecule has 0 bridgehead atoms. The first-order valence-corrected chi connectivity index (χ1v) is 24.5. The first-order valence-electron chi connectivity index (χ1n) is 24.5. The molecular weight excluding hydrogens is 995 g/mol. The van der Waals surface area contributed by atoms with Crippen LogP contribution in [-0.2, 0) is 47.9 Å². The number of nitrogens with one attached hydrogen (secondary N) is 1. The third kappa shape index (κ3) is 29.3. The van der Waals surface area contributed by atoms with Crippen LogP contribution in [0.25, 0.3) is 0 Å². The van der Waals surface area contributed by atoms with Crippen molar-refractivity contribution < 1.29 is 88.8 Å².